The first-order valence-electron chi connectivity index (χ1n) is 5.50. The summed E-state index contributed by atoms with van der Waals surface area (Å²) in [5.74, 6) is -0.518. The van der Waals surface area contributed by atoms with Crippen molar-refractivity contribution in [3.05, 3.63) is 41.7 Å². The fourth-order valence-electron chi connectivity index (χ4n) is 1.30. The van der Waals surface area contributed by atoms with Crippen molar-refractivity contribution < 1.29 is 19.4 Å². The van der Waals surface area contributed by atoms with Gasteiger partial charge in [0.2, 0.25) is 0 Å². The molecule has 0 aliphatic carbocycles. The summed E-state index contributed by atoms with van der Waals surface area (Å²) >= 11 is 0. The molecule has 0 amide bonds. The lowest BCUT2D eigenvalue weighted by Crippen LogP contribution is -2.18. The number of carboxylic acid groups (broad SMARTS) is 1. The predicted octanol–water partition coefficient (Wildman–Crippen LogP) is 2.89. The second-order valence-corrected chi connectivity index (χ2v) is 4.89. The monoisotopic (exact) mass is 248 g/mol. The van der Waals surface area contributed by atoms with Crippen molar-refractivity contribution in [1.29, 1.82) is 0 Å². The van der Waals surface area contributed by atoms with E-state index in [0.29, 0.717) is 11.3 Å². The molecule has 0 aromatic heterocycles. The van der Waals surface area contributed by atoms with Gasteiger partial charge >= 0.3 is 5.97 Å². The molecule has 0 atom stereocenters. The number of carbonyl (C=O) groups is 2. The molecule has 0 saturated heterocycles. The number of carboxylic acids is 1. The molecule has 4 heteroatoms. The smallest absolute Gasteiger partial charge is 0.335 e. The normalized spacial score (nSPS) is 12.1. The first kappa shape index (κ1) is 14.0. The van der Waals surface area contributed by atoms with Crippen LogP contribution in [0.4, 0.5) is 0 Å². The molecule has 1 aromatic carbocycles. The number of hydrogen-bond donors (Lipinski definition) is 1. The molecule has 1 N–H and O–H groups in total. The fourth-order valence-corrected chi connectivity index (χ4v) is 1.30. The van der Waals surface area contributed by atoms with Gasteiger partial charge in [-0.3, -0.25) is 4.79 Å². The minimum atomic E-state index is -1.01. The van der Waals surface area contributed by atoms with Crippen LogP contribution in [0.3, 0.4) is 0 Å². The van der Waals surface area contributed by atoms with E-state index in [-0.39, 0.29) is 5.57 Å². The number of aliphatic carboxylic acids is 1. The molecular weight excluding hydrogens is 232 g/mol. The average molecular weight is 248 g/mol. The standard InChI is InChI=1S/C14H16O4/c1-14(2,3)12(13(16)17)9-18-11-6-4-10(8-15)5-7-11/h4-9H,1-3H3,(H,16,17). The third-order valence-corrected chi connectivity index (χ3v) is 2.37. The summed E-state index contributed by atoms with van der Waals surface area (Å²) in [6, 6.07) is 6.44. The van der Waals surface area contributed by atoms with Crippen molar-refractivity contribution in [3.8, 4) is 5.75 Å². The van der Waals surface area contributed by atoms with E-state index in [1.54, 1.807) is 45.0 Å². The number of benzene rings is 1. The van der Waals surface area contributed by atoms with Crippen LogP contribution in [-0.4, -0.2) is 17.4 Å². The van der Waals surface area contributed by atoms with E-state index >= 15 is 0 Å². The second kappa shape index (κ2) is 5.49. The van der Waals surface area contributed by atoms with Gasteiger partial charge in [-0.1, -0.05) is 20.8 Å². The highest BCUT2D eigenvalue weighted by Crippen LogP contribution is 2.25. The Morgan fingerprint density at radius 3 is 2.17 bits per heavy atom. The summed E-state index contributed by atoms with van der Waals surface area (Å²) in [4.78, 5) is 21.5. The Labute approximate surface area is 106 Å². The molecular formula is C14H16O4. The molecule has 0 aliphatic rings. The highest BCUT2D eigenvalue weighted by molar-refractivity contribution is 5.87. The van der Waals surface area contributed by atoms with Crippen molar-refractivity contribution in [2.75, 3.05) is 0 Å². The zero-order valence-corrected chi connectivity index (χ0v) is 10.6. The summed E-state index contributed by atoms with van der Waals surface area (Å²) in [5, 5.41) is 9.07. The van der Waals surface area contributed by atoms with Gasteiger partial charge in [-0.2, -0.15) is 0 Å². The maximum absolute atomic E-state index is 11.1. The van der Waals surface area contributed by atoms with E-state index in [0.717, 1.165) is 6.29 Å². The Hall–Kier alpha value is -2.10. The van der Waals surface area contributed by atoms with Crippen molar-refractivity contribution in [1.82, 2.24) is 0 Å². The molecule has 0 spiro atoms. The quantitative estimate of drug-likeness (QED) is 0.505. The van der Waals surface area contributed by atoms with E-state index in [4.69, 9.17) is 9.84 Å². The van der Waals surface area contributed by atoms with Crippen LogP contribution in [0.25, 0.3) is 0 Å². The maximum atomic E-state index is 11.1. The molecule has 96 valence electrons. The molecule has 0 saturated carbocycles. The third kappa shape index (κ3) is 3.73. The highest BCUT2D eigenvalue weighted by Gasteiger charge is 2.24. The van der Waals surface area contributed by atoms with E-state index < -0.39 is 11.4 Å². The van der Waals surface area contributed by atoms with Gasteiger partial charge in [-0.25, -0.2) is 4.79 Å². The maximum Gasteiger partial charge on any atom is 0.335 e. The Balaban J connectivity index is 2.88. The van der Waals surface area contributed by atoms with Crippen molar-refractivity contribution in [2.45, 2.75) is 20.8 Å². The molecule has 1 aromatic rings. The summed E-state index contributed by atoms with van der Waals surface area (Å²) in [6.45, 7) is 5.39. The average Bonchev–Trinajstić information content (AvgIpc) is 2.28. The molecule has 0 fully saturated rings. The molecule has 0 bridgehead atoms. The van der Waals surface area contributed by atoms with Crippen LogP contribution in [0.15, 0.2) is 36.1 Å². The van der Waals surface area contributed by atoms with Crippen LogP contribution in [0.5, 0.6) is 5.75 Å². The van der Waals surface area contributed by atoms with Crippen LogP contribution in [0.1, 0.15) is 31.1 Å². The third-order valence-electron chi connectivity index (χ3n) is 2.37. The van der Waals surface area contributed by atoms with Gasteiger partial charge in [-0.05, 0) is 29.7 Å². The summed E-state index contributed by atoms with van der Waals surface area (Å²) < 4.78 is 5.30. The Bertz CT molecular complexity index is 464. The molecule has 0 aliphatic heterocycles. The second-order valence-electron chi connectivity index (χ2n) is 4.89. The first-order chi connectivity index (χ1) is 8.34. The predicted molar refractivity (Wildman–Crippen MR) is 67.6 cm³/mol. The summed E-state index contributed by atoms with van der Waals surface area (Å²) in [5.41, 5.74) is 0.219. The number of ether oxygens (including phenoxy) is 1. The molecule has 18 heavy (non-hydrogen) atoms. The Morgan fingerprint density at radius 2 is 1.78 bits per heavy atom. The van der Waals surface area contributed by atoms with E-state index in [1.165, 1.54) is 6.26 Å². The fraction of sp³-hybridized carbons (Fsp3) is 0.286. The largest absolute Gasteiger partial charge is 0.478 e. The highest BCUT2D eigenvalue weighted by atomic mass is 16.5. The van der Waals surface area contributed by atoms with Crippen molar-refractivity contribution >= 4 is 12.3 Å². The van der Waals surface area contributed by atoms with Gasteiger partial charge in [0.1, 0.15) is 18.3 Å². The number of aldehydes is 1. The van der Waals surface area contributed by atoms with E-state index in [1.807, 2.05) is 0 Å². The lowest BCUT2D eigenvalue weighted by molar-refractivity contribution is -0.133. The molecule has 0 unspecified atom stereocenters. The number of hydrogen-bond acceptors (Lipinski definition) is 3. The summed E-state index contributed by atoms with van der Waals surface area (Å²) in [6.07, 6.45) is 1.97. The zero-order chi connectivity index (χ0) is 13.8. The molecule has 0 radical (unpaired) electrons. The topological polar surface area (TPSA) is 63.6 Å². The van der Waals surface area contributed by atoms with Gasteiger partial charge in [0.25, 0.3) is 0 Å². The van der Waals surface area contributed by atoms with Gasteiger partial charge in [0.15, 0.2) is 0 Å². The van der Waals surface area contributed by atoms with Gasteiger partial charge in [0.05, 0.1) is 5.57 Å². The van der Waals surface area contributed by atoms with Gasteiger partial charge in [0, 0.05) is 5.56 Å². The minimum absolute atomic E-state index is 0.182. The van der Waals surface area contributed by atoms with Crippen LogP contribution in [0, 0.1) is 5.41 Å². The van der Waals surface area contributed by atoms with E-state index in [9.17, 15) is 9.59 Å². The van der Waals surface area contributed by atoms with E-state index in [2.05, 4.69) is 0 Å². The van der Waals surface area contributed by atoms with Crippen LogP contribution >= 0.6 is 0 Å². The molecule has 1 rings (SSSR count). The number of carbonyl (C=O) groups excluding carboxylic acids is 1. The lowest BCUT2D eigenvalue weighted by atomic mass is 9.87. The van der Waals surface area contributed by atoms with Gasteiger partial charge < -0.3 is 9.84 Å². The SMILES string of the molecule is CC(C)(C)C(=COc1ccc(C=O)cc1)C(=O)O. The van der Waals surface area contributed by atoms with Crippen LogP contribution < -0.4 is 4.74 Å². The molecule has 4 nitrogen and oxygen atoms in total. The van der Waals surface area contributed by atoms with Crippen LogP contribution in [-0.2, 0) is 4.79 Å². The lowest BCUT2D eigenvalue weighted by Gasteiger charge is -2.18. The molecule has 0 heterocycles. The number of rotatable bonds is 4. The summed E-state index contributed by atoms with van der Waals surface area (Å²) in [7, 11) is 0. The van der Waals surface area contributed by atoms with Crippen molar-refractivity contribution in [2.24, 2.45) is 5.41 Å². The Morgan fingerprint density at radius 1 is 1.22 bits per heavy atom. The van der Waals surface area contributed by atoms with Gasteiger partial charge in [-0.15, -0.1) is 0 Å². The minimum Gasteiger partial charge on any atom is -0.478 e. The van der Waals surface area contributed by atoms with Crippen molar-refractivity contribution in [3.63, 3.8) is 0 Å². The Kier molecular flexibility index (Phi) is 4.26. The van der Waals surface area contributed by atoms with Crippen LogP contribution in [0.2, 0.25) is 0 Å². The zero-order valence-electron chi connectivity index (χ0n) is 10.6. The first-order valence-corrected chi connectivity index (χ1v) is 5.50.